The van der Waals surface area contributed by atoms with Gasteiger partial charge in [0.15, 0.2) is 5.65 Å². The Balaban J connectivity index is 1.71. The van der Waals surface area contributed by atoms with Gasteiger partial charge >= 0.3 is 0 Å². The van der Waals surface area contributed by atoms with Gasteiger partial charge in [-0.05, 0) is 55.2 Å². The molecule has 7 nitrogen and oxygen atoms in total. The zero-order valence-electron chi connectivity index (χ0n) is 24.8. The molecule has 1 aromatic carbocycles. The lowest BCUT2D eigenvalue weighted by Crippen LogP contribution is -2.05. The van der Waals surface area contributed by atoms with Gasteiger partial charge in [-0.3, -0.25) is 0 Å². The lowest BCUT2D eigenvalue weighted by Gasteiger charge is -2.15. The molecule has 9 heteroatoms. The standard InChI is InChI=1S/C32H42Cl2N4O3/c1-7-15-41-16-14-21(4)10-11-22(8-2)12-13-23(9-3)25-17-26-32(38-25)36-20-29(37-26)35-19-24-30(33)27(39-5)18-28(40-6)31(24)34/h8,12-13,17-18,20-21H,2,7,9-11,14-16,19H2,1,3-6H3,(H,35,37)(H,36,38)/b22-12+,23-13+. The molecule has 2 N–H and O–H groups in total. The number of hydrogen-bond acceptors (Lipinski definition) is 6. The van der Waals surface area contributed by atoms with Gasteiger partial charge < -0.3 is 24.5 Å². The first-order chi connectivity index (χ1) is 19.8. The monoisotopic (exact) mass is 600 g/mol. The molecule has 0 spiro atoms. The Morgan fingerprint density at radius 1 is 1.07 bits per heavy atom. The zero-order chi connectivity index (χ0) is 29.8. The number of halogens is 2. The number of fused-ring (bicyclic) bond motifs is 1. The zero-order valence-corrected chi connectivity index (χ0v) is 26.3. The highest BCUT2D eigenvalue weighted by molar-refractivity contribution is 6.37. The highest BCUT2D eigenvalue weighted by atomic mass is 35.5. The van der Waals surface area contributed by atoms with Crippen LogP contribution in [0, 0.1) is 5.92 Å². The van der Waals surface area contributed by atoms with Crippen LogP contribution in [0.15, 0.2) is 48.7 Å². The van der Waals surface area contributed by atoms with Gasteiger partial charge in [0.25, 0.3) is 0 Å². The maximum atomic E-state index is 6.52. The smallest absolute Gasteiger partial charge is 0.156 e. The highest BCUT2D eigenvalue weighted by Gasteiger charge is 2.17. The Labute approximate surface area is 254 Å². The van der Waals surface area contributed by atoms with Gasteiger partial charge in [-0.25, -0.2) is 9.97 Å². The van der Waals surface area contributed by atoms with Gasteiger partial charge in [-0.15, -0.1) is 0 Å². The molecule has 0 bridgehead atoms. The fourth-order valence-electron chi connectivity index (χ4n) is 4.38. The second-order valence-corrected chi connectivity index (χ2v) is 10.7. The topological polar surface area (TPSA) is 81.3 Å². The summed E-state index contributed by atoms with van der Waals surface area (Å²) >= 11 is 13.0. The van der Waals surface area contributed by atoms with E-state index in [9.17, 15) is 0 Å². The van der Waals surface area contributed by atoms with Gasteiger partial charge in [-0.2, -0.15) is 0 Å². The molecule has 2 aromatic heterocycles. The van der Waals surface area contributed by atoms with Crippen LogP contribution in [0.2, 0.25) is 10.0 Å². The number of ether oxygens (including phenoxy) is 3. The largest absolute Gasteiger partial charge is 0.495 e. The molecule has 0 aliphatic heterocycles. The lowest BCUT2D eigenvalue weighted by atomic mass is 9.98. The van der Waals surface area contributed by atoms with Crippen molar-refractivity contribution in [3.63, 3.8) is 0 Å². The van der Waals surface area contributed by atoms with E-state index in [0.717, 1.165) is 62.2 Å². The molecule has 222 valence electrons. The predicted molar refractivity (Wildman–Crippen MR) is 171 cm³/mol. The summed E-state index contributed by atoms with van der Waals surface area (Å²) in [6.45, 7) is 12.6. The fraction of sp³-hybridized carbons (Fsp3) is 0.438. The first-order valence-electron chi connectivity index (χ1n) is 14.1. The molecule has 1 unspecified atom stereocenters. The molecular formula is C32H42Cl2N4O3. The van der Waals surface area contributed by atoms with Crippen LogP contribution in [-0.4, -0.2) is 42.4 Å². The SMILES string of the molecule is C=C/C(=C\C=C(/CC)c1cc2nc(NCc3c(Cl)c(OC)cc(OC)c3Cl)cnc2[nH]1)CCC(C)CCOCCC. The Morgan fingerprint density at radius 2 is 1.80 bits per heavy atom. The normalized spacial score (nSPS) is 13.0. The third-order valence-corrected chi connectivity index (χ3v) is 7.79. The average Bonchev–Trinajstić information content (AvgIpc) is 3.40. The summed E-state index contributed by atoms with van der Waals surface area (Å²) in [5, 5.41) is 4.11. The van der Waals surface area contributed by atoms with Crippen LogP contribution >= 0.6 is 23.2 Å². The summed E-state index contributed by atoms with van der Waals surface area (Å²) < 4.78 is 16.4. The van der Waals surface area contributed by atoms with Crippen molar-refractivity contribution in [2.45, 2.75) is 59.4 Å². The number of methoxy groups -OCH3 is 2. The Kier molecular flexibility index (Phi) is 13.0. The van der Waals surface area contributed by atoms with Crippen LogP contribution in [0.5, 0.6) is 11.5 Å². The van der Waals surface area contributed by atoms with Crippen LogP contribution in [0.3, 0.4) is 0 Å². The molecular weight excluding hydrogens is 559 g/mol. The summed E-state index contributed by atoms with van der Waals surface area (Å²) in [7, 11) is 3.10. The van der Waals surface area contributed by atoms with E-state index in [4.69, 9.17) is 42.4 Å². The number of anilines is 1. The van der Waals surface area contributed by atoms with E-state index >= 15 is 0 Å². The van der Waals surface area contributed by atoms with Crippen molar-refractivity contribution in [2.24, 2.45) is 5.92 Å². The molecule has 0 saturated carbocycles. The van der Waals surface area contributed by atoms with Crippen molar-refractivity contribution in [3.05, 3.63) is 70.0 Å². The van der Waals surface area contributed by atoms with E-state index in [-0.39, 0.29) is 0 Å². The van der Waals surface area contributed by atoms with E-state index in [1.165, 1.54) is 11.1 Å². The van der Waals surface area contributed by atoms with Crippen LogP contribution in [0.4, 0.5) is 5.82 Å². The summed E-state index contributed by atoms with van der Waals surface area (Å²) in [5.74, 6) is 2.18. The first kappa shape index (κ1) is 32.5. The van der Waals surface area contributed by atoms with E-state index in [1.807, 2.05) is 12.1 Å². The second kappa shape index (κ2) is 16.4. The Bertz CT molecular complexity index is 1340. The van der Waals surface area contributed by atoms with Crippen molar-refractivity contribution < 1.29 is 14.2 Å². The minimum Gasteiger partial charge on any atom is -0.495 e. The molecule has 0 saturated heterocycles. The molecule has 1 atom stereocenters. The molecule has 0 amide bonds. The predicted octanol–water partition coefficient (Wildman–Crippen LogP) is 9.03. The average molecular weight is 602 g/mol. The Hall–Kier alpha value is -3.00. The number of aromatic nitrogens is 3. The summed E-state index contributed by atoms with van der Waals surface area (Å²) in [5.41, 5.74) is 5.52. The number of H-pyrrole nitrogens is 1. The number of nitrogens with one attached hydrogen (secondary N) is 2. The quantitative estimate of drug-likeness (QED) is 0.119. The number of allylic oxidation sites excluding steroid dienone is 5. The third kappa shape index (κ3) is 8.99. The third-order valence-electron chi connectivity index (χ3n) is 6.96. The van der Waals surface area contributed by atoms with Gasteiger partial charge in [0.05, 0.1) is 30.5 Å². The molecule has 0 aliphatic carbocycles. The lowest BCUT2D eigenvalue weighted by molar-refractivity contribution is 0.121. The molecule has 0 aliphatic rings. The van der Waals surface area contributed by atoms with Crippen molar-refractivity contribution in [1.29, 1.82) is 0 Å². The number of nitrogens with zero attached hydrogens (tertiary/aromatic N) is 2. The second-order valence-electron chi connectivity index (χ2n) is 9.95. The fourth-order valence-corrected chi connectivity index (χ4v) is 5.01. The van der Waals surface area contributed by atoms with Crippen molar-refractivity contribution in [3.8, 4) is 11.5 Å². The molecule has 0 radical (unpaired) electrons. The minimum absolute atomic E-state index is 0.322. The molecule has 3 aromatic rings. The minimum atomic E-state index is 0.322. The van der Waals surface area contributed by atoms with Crippen LogP contribution < -0.4 is 14.8 Å². The van der Waals surface area contributed by atoms with Gasteiger partial charge in [0.1, 0.15) is 22.8 Å². The number of aromatic amines is 1. The molecule has 2 heterocycles. The van der Waals surface area contributed by atoms with Gasteiger partial charge in [0.2, 0.25) is 0 Å². The van der Waals surface area contributed by atoms with Crippen LogP contribution in [0.1, 0.15) is 64.1 Å². The van der Waals surface area contributed by atoms with Gasteiger partial charge in [0, 0.05) is 37.1 Å². The van der Waals surface area contributed by atoms with Crippen LogP contribution in [-0.2, 0) is 11.3 Å². The molecule has 0 fully saturated rings. The first-order valence-corrected chi connectivity index (χ1v) is 14.9. The Morgan fingerprint density at radius 3 is 2.44 bits per heavy atom. The van der Waals surface area contributed by atoms with E-state index in [0.29, 0.717) is 45.4 Å². The number of hydrogen-bond donors (Lipinski definition) is 2. The van der Waals surface area contributed by atoms with Crippen molar-refractivity contribution >= 4 is 45.8 Å². The van der Waals surface area contributed by atoms with E-state index in [1.54, 1.807) is 26.5 Å². The van der Waals surface area contributed by atoms with Crippen molar-refractivity contribution in [2.75, 3.05) is 32.8 Å². The number of benzene rings is 1. The van der Waals surface area contributed by atoms with Gasteiger partial charge in [-0.1, -0.05) is 68.8 Å². The summed E-state index contributed by atoms with van der Waals surface area (Å²) in [6, 6.07) is 3.69. The maximum absolute atomic E-state index is 6.52. The van der Waals surface area contributed by atoms with E-state index < -0.39 is 0 Å². The molecule has 41 heavy (non-hydrogen) atoms. The summed E-state index contributed by atoms with van der Waals surface area (Å²) in [4.78, 5) is 12.7. The highest BCUT2D eigenvalue weighted by Crippen LogP contribution is 2.40. The molecule has 3 rings (SSSR count). The van der Waals surface area contributed by atoms with Crippen molar-refractivity contribution in [1.82, 2.24) is 15.0 Å². The van der Waals surface area contributed by atoms with Crippen LogP contribution in [0.25, 0.3) is 16.7 Å². The number of rotatable bonds is 17. The van der Waals surface area contributed by atoms with E-state index in [2.05, 4.69) is 54.8 Å². The summed E-state index contributed by atoms with van der Waals surface area (Å²) in [6.07, 6.45) is 13.1. The maximum Gasteiger partial charge on any atom is 0.156 e.